The average Bonchev–Trinajstić information content (AvgIpc) is 2.73. The molecule has 0 aliphatic heterocycles. The van der Waals surface area contributed by atoms with Crippen LogP contribution in [-0.2, 0) is 11.3 Å². The number of halogens is 3. The second kappa shape index (κ2) is 7.14. The van der Waals surface area contributed by atoms with Gasteiger partial charge in [0, 0.05) is 12.2 Å². The van der Waals surface area contributed by atoms with E-state index in [0.717, 1.165) is 10.8 Å². The summed E-state index contributed by atoms with van der Waals surface area (Å²) in [6.07, 6.45) is -2.44. The highest BCUT2D eigenvalue weighted by molar-refractivity contribution is 5.93. The standard InChI is InChI=1S/C13H17F3N2O3/c1-2-4-9(7-11(19)20)17-12(21)10-5-3-6-18(10)8-13(14,15)16/h3,5-6,9H,2,4,7-8H2,1H3,(H,17,21)(H,19,20). The van der Waals surface area contributed by atoms with Crippen LogP contribution in [0.25, 0.3) is 0 Å². The normalized spacial score (nSPS) is 13.0. The van der Waals surface area contributed by atoms with Gasteiger partial charge in [0.05, 0.1) is 6.42 Å². The number of alkyl halides is 3. The molecule has 1 atom stereocenters. The lowest BCUT2D eigenvalue weighted by Gasteiger charge is -2.17. The molecule has 0 bridgehead atoms. The molecule has 0 aliphatic carbocycles. The topological polar surface area (TPSA) is 71.3 Å². The first kappa shape index (κ1) is 17.1. The van der Waals surface area contributed by atoms with Crippen LogP contribution in [0.3, 0.4) is 0 Å². The van der Waals surface area contributed by atoms with Gasteiger partial charge in [0.2, 0.25) is 0 Å². The molecule has 5 nitrogen and oxygen atoms in total. The Morgan fingerprint density at radius 3 is 2.62 bits per heavy atom. The van der Waals surface area contributed by atoms with Gasteiger partial charge in [-0.15, -0.1) is 0 Å². The number of hydrogen-bond acceptors (Lipinski definition) is 2. The Kier molecular flexibility index (Phi) is 5.80. The van der Waals surface area contributed by atoms with Crippen molar-refractivity contribution in [3.05, 3.63) is 24.0 Å². The van der Waals surface area contributed by atoms with Crippen LogP contribution in [-0.4, -0.2) is 33.8 Å². The molecule has 21 heavy (non-hydrogen) atoms. The lowest BCUT2D eigenvalue weighted by atomic mass is 10.1. The molecule has 0 fully saturated rings. The van der Waals surface area contributed by atoms with Gasteiger partial charge in [-0.3, -0.25) is 9.59 Å². The van der Waals surface area contributed by atoms with Crippen LogP contribution >= 0.6 is 0 Å². The van der Waals surface area contributed by atoms with Gasteiger partial charge in [0.1, 0.15) is 12.2 Å². The van der Waals surface area contributed by atoms with Gasteiger partial charge >= 0.3 is 12.1 Å². The van der Waals surface area contributed by atoms with E-state index in [1.165, 1.54) is 12.1 Å². The largest absolute Gasteiger partial charge is 0.481 e. The molecule has 1 amide bonds. The highest BCUT2D eigenvalue weighted by atomic mass is 19.4. The van der Waals surface area contributed by atoms with Gasteiger partial charge in [-0.05, 0) is 18.6 Å². The number of nitrogens with one attached hydrogen (secondary N) is 1. The van der Waals surface area contributed by atoms with Crippen LogP contribution < -0.4 is 5.32 Å². The maximum atomic E-state index is 12.4. The summed E-state index contributed by atoms with van der Waals surface area (Å²) in [5.74, 6) is -1.77. The number of nitrogens with zero attached hydrogens (tertiary/aromatic N) is 1. The molecule has 0 spiro atoms. The van der Waals surface area contributed by atoms with E-state index in [1.54, 1.807) is 0 Å². The Labute approximate surface area is 119 Å². The highest BCUT2D eigenvalue weighted by Crippen LogP contribution is 2.19. The summed E-state index contributed by atoms with van der Waals surface area (Å²) in [6, 6.07) is 2.01. The number of aliphatic carboxylic acids is 1. The lowest BCUT2D eigenvalue weighted by molar-refractivity contribution is -0.140. The summed E-state index contributed by atoms with van der Waals surface area (Å²) in [4.78, 5) is 22.7. The Morgan fingerprint density at radius 1 is 1.43 bits per heavy atom. The van der Waals surface area contributed by atoms with Gasteiger partial charge in [-0.2, -0.15) is 13.2 Å². The summed E-state index contributed by atoms with van der Waals surface area (Å²) in [5, 5.41) is 11.2. The molecule has 118 valence electrons. The predicted molar refractivity (Wildman–Crippen MR) is 68.9 cm³/mol. The molecule has 1 aromatic heterocycles. The molecule has 2 N–H and O–H groups in total. The number of aromatic nitrogens is 1. The number of amides is 1. The fourth-order valence-electron chi connectivity index (χ4n) is 2.00. The molecular formula is C13H17F3N2O3. The average molecular weight is 306 g/mol. The van der Waals surface area contributed by atoms with E-state index in [0.29, 0.717) is 12.8 Å². The van der Waals surface area contributed by atoms with E-state index in [2.05, 4.69) is 5.32 Å². The van der Waals surface area contributed by atoms with Crippen LogP contribution in [0, 0.1) is 0 Å². The van der Waals surface area contributed by atoms with E-state index in [-0.39, 0.29) is 12.1 Å². The van der Waals surface area contributed by atoms with Crippen molar-refractivity contribution in [2.24, 2.45) is 0 Å². The summed E-state index contributed by atoms with van der Waals surface area (Å²) in [7, 11) is 0. The molecule has 8 heteroatoms. The third-order valence-corrected chi connectivity index (χ3v) is 2.81. The molecule has 0 saturated heterocycles. The molecule has 0 saturated carbocycles. The van der Waals surface area contributed by atoms with Crippen molar-refractivity contribution in [1.29, 1.82) is 0 Å². The Morgan fingerprint density at radius 2 is 2.10 bits per heavy atom. The van der Waals surface area contributed by atoms with Crippen LogP contribution in [0.5, 0.6) is 0 Å². The fourth-order valence-corrected chi connectivity index (χ4v) is 2.00. The zero-order valence-electron chi connectivity index (χ0n) is 11.5. The van der Waals surface area contributed by atoms with E-state index in [1.807, 2.05) is 6.92 Å². The van der Waals surface area contributed by atoms with E-state index in [4.69, 9.17) is 5.11 Å². The molecule has 1 rings (SSSR count). The maximum absolute atomic E-state index is 12.4. The SMILES string of the molecule is CCCC(CC(=O)O)NC(=O)c1cccn1CC(F)(F)F. The van der Waals surface area contributed by atoms with Gasteiger partial charge in [-0.1, -0.05) is 13.3 Å². The quantitative estimate of drug-likeness (QED) is 0.812. The minimum absolute atomic E-state index is 0.140. The minimum atomic E-state index is -4.43. The van der Waals surface area contributed by atoms with Crippen LogP contribution in [0.2, 0.25) is 0 Å². The first-order chi connectivity index (χ1) is 9.73. The molecule has 0 radical (unpaired) electrons. The van der Waals surface area contributed by atoms with Crippen molar-refractivity contribution in [3.63, 3.8) is 0 Å². The lowest BCUT2D eigenvalue weighted by Crippen LogP contribution is -2.37. The van der Waals surface area contributed by atoms with Crippen molar-refractivity contribution in [2.75, 3.05) is 0 Å². The second-order valence-corrected chi connectivity index (χ2v) is 4.69. The number of carboxylic acids is 1. The van der Waals surface area contributed by atoms with Crippen molar-refractivity contribution in [1.82, 2.24) is 9.88 Å². The second-order valence-electron chi connectivity index (χ2n) is 4.69. The number of hydrogen-bond donors (Lipinski definition) is 2. The Hall–Kier alpha value is -1.99. The number of rotatable bonds is 7. The zero-order chi connectivity index (χ0) is 16.0. The predicted octanol–water partition coefficient (Wildman–Crippen LogP) is 2.42. The number of carbonyl (C=O) groups is 2. The van der Waals surface area contributed by atoms with Crippen LogP contribution in [0.15, 0.2) is 18.3 Å². The van der Waals surface area contributed by atoms with Gasteiger partial charge in [0.15, 0.2) is 0 Å². The third-order valence-electron chi connectivity index (χ3n) is 2.81. The van der Waals surface area contributed by atoms with Gasteiger partial charge < -0.3 is 15.0 Å². The zero-order valence-corrected chi connectivity index (χ0v) is 11.5. The monoisotopic (exact) mass is 306 g/mol. The van der Waals surface area contributed by atoms with Crippen molar-refractivity contribution < 1.29 is 27.9 Å². The fraction of sp³-hybridized carbons (Fsp3) is 0.538. The number of carboxylic acid groups (broad SMARTS) is 1. The van der Waals surface area contributed by atoms with Gasteiger partial charge in [0.25, 0.3) is 5.91 Å². The first-order valence-corrected chi connectivity index (χ1v) is 6.47. The summed E-state index contributed by atoms with van der Waals surface area (Å²) < 4.78 is 38.0. The smallest absolute Gasteiger partial charge is 0.406 e. The molecule has 1 heterocycles. The van der Waals surface area contributed by atoms with Gasteiger partial charge in [-0.25, -0.2) is 0 Å². The number of carbonyl (C=O) groups excluding carboxylic acids is 1. The highest BCUT2D eigenvalue weighted by Gasteiger charge is 2.29. The first-order valence-electron chi connectivity index (χ1n) is 6.47. The third kappa shape index (κ3) is 5.88. The van der Waals surface area contributed by atoms with E-state index in [9.17, 15) is 22.8 Å². The Balaban J connectivity index is 2.78. The van der Waals surface area contributed by atoms with Crippen LogP contribution in [0.1, 0.15) is 36.7 Å². The van der Waals surface area contributed by atoms with Crippen LogP contribution in [0.4, 0.5) is 13.2 Å². The van der Waals surface area contributed by atoms with Crippen molar-refractivity contribution in [2.45, 2.75) is 44.9 Å². The summed E-state index contributed by atoms with van der Waals surface area (Å²) >= 11 is 0. The van der Waals surface area contributed by atoms with E-state index < -0.39 is 30.6 Å². The molecule has 0 aromatic carbocycles. The Bertz CT molecular complexity index is 497. The molecule has 1 unspecified atom stereocenters. The minimum Gasteiger partial charge on any atom is -0.481 e. The van der Waals surface area contributed by atoms with Crippen molar-refractivity contribution >= 4 is 11.9 Å². The summed E-state index contributed by atoms with van der Waals surface area (Å²) in [5.41, 5.74) is -0.140. The summed E-state index contributed by atoms with van der Waals surface area (Å²) in [6.45, 7) is 0.563. The molecule has 0 aliphatic rings. The molecular weight excluding hydrogens is 289 g/mol. The maximum Gasteiger partial charge on any atom is 0.406 e. The van der Waals surface area contributed by atoms with E-state index >= 15 is 0 Å². The molecule has 1 aromatic rings. The van der Waals surface area contributed by atoms with Crippen molar-refractivity contribution in [3.8, 4) is 0 Å².